The molecule has 1 heterocycles. The van der Waals surface area contributed by atoms with Crippen LogP contribution < -0.4 is 10.5 Å². The molecule has 1 atom stereocenters. The molecular weight excluding hydrogens is 378 g/mol. The molecule has 0 aliphatic rings. The van der Waals surface area contributed by atoms with Crippen LogP contribution in [-0.4, -0.2) is 7.11 Å². The van der Waals surface area contributed by atoms with Crippen LogP contribution in [-0.2, 0) is 0 Å². The van der Waals surface area contributed by atoms with Gasteiger partial charge in [-0.25, -0.2) is 0 Å². The first-order valence-electron chi connectivity index (χ1n) is 5.37. The molecular formula is C13H13Br2NOS. The monoisotopic (exact) mass is 389 g/mol. The second-order valence-corrected chi connectivity index (χ2v) is 7.29. The lowest BCUT2D eigenvalue weighted by molar-refractivity contribution is 0.408. The molecule has 1 aromatic heterocycles. The average molecular weight is 391 g/mol. The van der Waals surface area contributed by atoms with Crippen LogP contribution in [0, 0.1) is 6.92 Å². The lowest BCUT2D eigenvalue weighted by Crippen LogP contribution is -2.11. The van der Waals surface area contributed by atoms with Gasteiger partial charge in [-0.3, -0.25) is 0 Å². The van der Waals surface area contributed by atoms with Gasteiger partial charge in [0.2, 0.25) is 0 Å². The molecule has 1 aromatic carbocycles. The van der Waals surface area contributed by atoms with Crippen LogP contribution in [0.5, 0.6) is 5.75 Å². The highest BCUT2D eigenvalue weighted by Gasteiger charge is 2.17. The Morgan fingerprint density at radius 3 is 2.56 bits per heavy atom. The molecule has 1 unspecified atom stereocenters. The SMILES string of the molecule is COc1ccc(Br)cc1C(N)c1cc(C)c(Br)s1. The molecule has 0 saturated heterocycles. The summed E-state index contributed by atoms with van der Waals surface area (Å²) in [6.07, 6.45) is 0. The van der Waals surface area contributed by atoms with Crippen LogP contribution in [0.15, 0.2) is 32.5 Å². The van der Waals surface area contributed by atoms with Crippen molar-refractivity contribution in [3.05, 3.63) is 48.5 Å². The van der Waals surface area contributed by atoms with Gasteiger partial charge in [-0.15, -0.1) is 11.3 Å². The fraction of sp³-hybridized carbons (Fsp3) is 0.231. The fourth-order valence-corrected chi connectivity index (χ4v) is 3.71. The molecule has 2 aromatic rings. The molecule has 0 spiro atoms. The average Bonchev–Trinajstić information content (AvgIpc) is 2.68. The van der Waals surface area contributed by atoms with E-state index in [1.807, 2.05) is 18.2 Å². The quantitative estimate of drug-likeness (QED) is 0.828. The van der Waals surface area contributed by atoms with E-state index in [1.165, 1.54) is 5.56 Å². The number of benzene rings is 1. The highest BCUT2D eigenvalue weighted by Crippen LogP contribution is 2.37. The molecule has 2 nitrogen and oxygen atoms in total. The molecule has 2 rings (SSSR count). The summed E-state index contributed by atoms with van der Waals surface area (Å²) in [6.45, 7) is 2.06. The van der Waals surface area contributed by atoms with Crippen LogP contribution in [0.2, 0.25) is 0 Å². The number of rotatable bonds is 3. The third-order valence-electron chi connectivity index (χ3n) is 2.71. The topological polar surface area (TPSA) is 35.2 Å². The molecule has 0 aliphatic carbocycles. The number of hydrogen-bond acceptors (Lipinski definition) is 3. The molecule has 0 saturated carbocycles. The van der Waals surface area contributed by atoms with Gasteiger partial charge in [0, 0.05) is 14.9 Å². The Morgan fingerprint density at radius 1 is 1.28 bits per heavy atom. The van der Waals surface area contributed by atoms with E-state index >= 15 is 0 Å². The van der Waals surface area contributed by atoms with Crippen LogP contribution >= 0.6 is 43.2 Å². The molecule has 96 valence electrons. The maximum absolute atomic E-state index is 6.33. The standard InChI is InChI=1S/C13H13Br2NOS/c1-7-5-11(18-13(7)15)12(16)9-6-8(14)3-4-10(9)17-2/h3-6,12H,16H2,1-2H3. The van der Waals surface area contributed by atoms with Crippen LogP contribution in [0.25, 0.3) is 0 Å². The van der Waals surface area contributed by atoms with Crippen molar-refractivity contribution in [3.8, 4) is 5.75 Å². The van der Waals surface area contributed by atoms with Gasteiger partial charge in [-0.2, -0.15) is 0 Å². The summed E-state index contributed by atoms with van der Waals surface area (Å²) < 4.78 is 7.50. The number of hydrogen-bond donors (Lipinski definition) is 1. The van der Waals surface area contributed by atoms with Crippen molar-refractivity contribution in [3.63, 3.8) is 0 Å². The predicted octanol–water partition coefficient (Wildman–Crippen LogP) is 4.64. The Morgan fingerprint density at radius 2 is 2.00 bits per heavy atom. The van der Waals surface area contributed by atoms with Crippen LogP contribution in [0.4, 0.5) is 0 Å². The van der Waals surface area contributed by atoms with Gasteiger partial charge in [-0.1, -0.05) is 15.9 Å². The molecule has 0 amide bonds. The number of nitrogens with two attached hydrogens (primary N) is 1. The molecule has 0 radical (unpaired) electrons. The van der Waals surface area contributed by atoms with Crippen LogP contribution in [0.1, 0.15) is 22.0 Å². The van der Waals surface area contributed by atoms with E-state index in [-0.39, 0.29) is 6.04 Å². The molecule has 0 fully saturated rings. The third-order valence-corrected chi connectivity index (χ3v) is 5.42. The first-order valence-corrected chi connectivity index (χ1v) is 7.78. The first-order chi connectivity index (χ1) is 8.52. The number of ether oxygens (including phenoxy) is 1. The Labute approximate surface area is 127 Å². The second-order valence-electron chi connectivity index (χ2n) is 3.97. The van der Waals surface area contributed by atoms with Gasteiger partial charge in [0.25, 0.3) is 0 Å². The largest absolute Gasteiger partial charge is 0.496 e. The summed E-state index contributed by atoms with van der Waals surface area (Å²) in [7, 11) is 1.66. The lowest BCUT2D eigenvalue weighted by Gasteiger charge is -2.14. The van der Waals surface area contributed by atoms with Gasteiger partial charge in [0.15, 0.2) is 0 Å². The number of halogens is 2. The lowest BCUT2D eigenvalue weighted by atomic mass is 10.0. The van der Waals surface area contributed by atoms with Gasteiger partial charge in [0.1, 0.15) is 5.75 Å². The van der Waals surface area contributed by atoms with E-state index in [1.54, 1.807) is 18.4 Å². The van der Waals surface area contributed by atoms with E-state index < -0.39 is 0 Å². The summed E-state index contributed by atoms with van der Waals surface area (Å²) in [6, 6.07) is 7.82. The molecule has 0 aliphatic heterocycles. The Balaban J connectivity index is 2.44. The van der Waals surface area contributed by atoms with Crippen molar-refractivity contribution < 1.29 is 4.74 Å². The number of thiophene rings is 1. The second kappa shape index (κ2) is 5.74. The van der Waals surface area contributed by atoms with Crippen molar-refractivity contribution in [1.82, 2.24) is 0 Å². The summed E-state index contributed by atoms with van der Waals surface area (Å²) in [5.74, 6) is 0.813. The fourth-order valence-electron chi connectivity index (χ4n) is 1.74. The maximum Gasteiger partial charge on any atom is 0.124 e. The highest BCUT2D eigenvalue weighted by atomic mass is 79.9. The van der Waals surface area contributed by atoms with Crippen molar-refractivity contribution in [2.75, 3.05) is 7.11 Å². The maximum atomic E-state index is 6.33. The normalized spacial score (nSPS) is 12.5. The van der Waals surface area contributed by atoms with Crippen molar-refractivity contribution in [2.45, 2.75) is 13.0 Å². The Hall–Kier alpha value is -0.360. The number of methoxy groups -OCH3 is 1. The Bertz CT molecular complexity index is 549. The van der Waals surface area contributed by atoms with Gasteiger partial charge >= 0.3 is 0 Å². The van der Waals surface area contributed by atoms with E-state index in [0.717, 1.165) is 24.4 Å². The summed E-state index contributed by atoms with van der Waals surface area (Å²) in [5, 5.41) is 0. The van der Waals surface area contributed by atoms with Gasteiger partial charge in [0.05, 0.1) is 16.9 Å². The summed E-state index contributed by atoms with van der Waals surface area (Å²) in [5.41, 5.74) is 8.53. The van der Waals surface area contributed by atoms with Crippen molar-refractivity contribution in [2.24, 2.45) is 5.73 Å². The zero-order valence-electron chi connectivity index (χ0n) is 10.0. The number of aryl methyl sites for hydroxylation is 1. The van der Waals surface area contributed by atoms with Crippen LogP contribution in [0.3, 0.4) is 0 Å². The highest BCUT2D eigenvalue weighted by molar-refractivity contribution is 9.11. The zero-order valence-corrected chi connectivity index (χ0v) is 14.0. The Kier molecular flexibility index (Phi) is 4.48. The molecule has 5 heteroatoms. The van der Waals surface area contributed by atoms with E-state index in [9.17, 15) is 0 Å². The smallest absolute Gasteiger partial charge is 0.124 e. The predicted molar refractivity (Wildman–Crippen MR) is 83.5 cm³/mol. The summed E-state index contributed by atoms with van der Waals surface area (Å²) in [4.78, 5) is 1.12. The van der Waals surface area contributed by atoms with E-state index in [0.29, 0.717) is 0 Å². The molecule has 18 heavy (non-hydrogen) atoms. The first kappa shape index (κ1) is 14.1. The minimum Gasteiger partial charge on any atom is -0.496 e. The van der Waals surface area contributed by atoms with Gasteiger partial charge < -0.3 is 10.5 Å². The zero-order chi connectivity index (χ0) is 13.3. The third kappa shape index (κ3) is 2.79. The minimum atomic E-state index is -0.174. The summed E-state index contributed by atoms with van der Waals surface area (Å²) >= 11 is 8.66. The van der Waals surface area contributed by atoms with E-state index in [2.05, 4.69) is 44.8 Å². The molecule has 0 bridgehead atoms. The van der Waals surface area contributed by atoms with Crippen molar-refractivity contribution >= 4 is 43.2 Å². The minimum absolute atomic E-state index is 0.174. The molecule has 2 N–H and O–H groups in total. The van der Waals surface area contributed by atoms with Crippen molar-refractivity contribution in [1.29, 1.82) is 0 Å². The van der Waals surface area contributed by atoms with Gasteiger partial charge in [-0.05, 0) is 52.7 Å². The van der Waals surface area contributed by atoms with E-state index in [4.69, 9.17) is 10.5 Å².